The van der Waals surface area contributed by atoms with E-state index in [9.17, 15) is 23.3 Å². The van der Waals surface area contributed by atoms with Crippen LogP contribution in [0.25, 0.3) is 10.2 Å². The number of benzene rings is 2. The summed E-state index contributed by atoms with van der Waals surface area (Å²) in [6, 6.07) is 7.85. The first-order valence-corrected chi connectivity index (χ1v) is 11.6. The molecule has 0 radical (unpaired) electrons. The Morgan fingerprint density at radius 3 is 2.71 bits per heavy atom. The van der Waals surface area contributed by atoms with Gasteiger partial charge in [-0.2, -0.15) is 4.99 Å². The van der Waals surface area contributed by atoms with Crippen LogP contribution >= 0.6 is 22.9 Å². The zero-order valence-corrected chi connectivity index (χ0v) is 18.5. The van der Waals surface area contributed by atoms with Crippen molar-refractivity contribution in [1.29, 1.82) is 0 Å². The number of hydrogen-bond donors (Lipinski definition) is 1. The molecule has 3 rings (SSSR count). The first kappa shape index (κ1) is 23.0. The predicted octanol–water partition coefficient (Wildman–Crippen LogP) is 2.69. The van der Waals surface area contributed by atoms with Crippen molar-refractivity contribution in [2.45, 2.75) is 18.4 Å². The number of halogens is 1. The minimum Gasteiger partial charge on any atom is -0.380 e. The number of rotatable bonds is 7. The Hall–Kier alpha value is -2.64. The third-order valence-corrected chi connectivity index (χ3v) is 6.52. The number of carbonyl (C=O) groups excluding carboxylic acids is 1. The fourth-order valence-corrected chi connectivity index (χ4v) is 4.68. The number of thiazole rings is 1. The third kappa shape index (κ3) is 5.17. The number of carbonyl (C=O) groups is 1. The molecule has 164 valence electrons. The normalized spacial score (nSPS) is 12.4. The molecule has 0 saturated carbocycles. The predicted molar refractivity (Wildman–Crippen MR) is 116 cm³/mol. The lowest BCUT2D eigenvalue weighted by atomic mass is 10.2. The molecule has 2 N–H and O–H groups in total. The van der Waals surface area contributed by atoms with Gasteiger partial charge in [0.1, 0.15) is 0 Å². The average Bonchev–Trinajstić information content (AvgIpc) is 3.04. The first-order chi connectivity index (χ1) is 14.6. The third-order valence-electron chi connectivity index (χ3n) is 4.23. The lowest BCUT2D eigenvalue weighted by Crippen LogP contribution is -2.20. The molecule has 0 fully saturated rings. The first-order valence-electron chi connectivity index (χ1n) is 8.88. The van der Waals surface area contributed by atoms with Crippen molar-refractivity contribution in [3.8, 4) is 0 Å². The molecule has 1 amide bonds. The van der Waals surface area contributed by atoms with Crippen molar-refractivity contribution >= 4 is 54.8 Å². The van der Waals surface area contributed by atoms with Crippen LogP contribution < -0.4 is 9.94 Å². The summed E-state index contributed by atoms with van der Waals surface area (Å²) in [6.45, 7) is 3.01. The van der Waals surface area contributed by atoms with Gasteiger partial charge in [0.25, 0.3) is 11.6 Å². The number of nitrogens with two attached hydrogens (primary N) is 1. The Labute approximate surface area is 185 Å². The van der Waals surface area contributed by atoms with Crippen LogP contribution in [0, 0.1) is 10.1 Å². The van der Waals surface area contributed by atoms with Crippen LogP contribution in [-0.4, -0.2) is 37.0 Å². The summed E-state index contributed by atoms with van der Waals surface area (Å²) in [5, 5.41) is 16.3. The number of amides is 1. The van der Waals surface area contributed by atoms with Gasteiger partial charge in [-0.25, -0.2) is 13.6 Å². The summed E-state index contributed by atoms with van der Waals surface area (Å²) in [5.41, 5.74) is 0.227. The molecule has 13 heteroatoms. The molecule has 2 aromatic carbocycles. The van der Waals surface area contributed by atoms with Gasteiger partial charge in [-0.05, 0) is 31.2 Å². The molecule has 1 aromatic heterocycles. The van der Waals surface area contributed by atoms with Crippen LogP contribution in [0.3, 0.4) is 0 Å². The van der Waals surface area contributed by atoms with Crippen LogP contribution in [0.2, 0.25) is 5.02 Å². The Morgan fingerprint density at radius 2 is 2.06 bits per heavy atom. The van der Waals surface area contributed by atoms with E-state index in [1.165, 1.54) is 24.3 Å². The molecule has 3 aromatic rings. The van der Waals surface area contributed by atoms with Gasteiger partial charge in [0.05, 0.1) is 37.2 Å². The lowest BCUT2D eigenvalue weighted by Gasteiger charge is -2.06. The van der Waals surface area contributed by atoms with E-state index in [0.717, 1.165) is 17.4 Å². The van der Waals surface area contributed by atoms with Gasteiger partial charge < -0.3 is 9.30 Å². The molecule has 0 atom stereocenters. The molecule has 0 unspecified atom stereocenters. The number of sulfonamides is 1. The fourth-order valence-electron chi connectivity index (χ4n) is 2.77. The highest BCUT2D eigenvalue weighted by molar-refractivity contribution is 7.89. The van der Waals surface area contributed by atoms with Gasteiger partial charge in [0.2, 0.25) is 10.0 Å². The monoisotopic (exact) mass is 484 g/mol. The van der Waals surface area contributed by atoms with Gasteiger partial charge >= 0.3 is 0 Å². The number of primary sulfonamides is 1. The molecule has 0 bridgehead atoms. The van der Waals surface area contributed by atoms with E-state index in [4.69, 9.17) is 21.5 Å². The van der Waals surface area contributed by atoms with Crippen LogP contribution in [0.1, 0.15) is 17.3 Å². The molecule has 1 heterocycles. The smallest absolute Gasteiger partial charge is 0.281 e. The van der Waals surface area contributed by atoms with E-state index in [0.29, 0.717) is 30.0 Å². The summed E-state index contributed by atoms with van der Waals surface area (Å²) < 4.78 is 31.0. The number of hydrogen-bond acceptors (Lipinski definition) is 7. The second kappa shape index (κ2) is 9.24. The molecule has 0 aliphatic rings. The van der Waals surface area contributed by atoms with Crippen molar-refractivity contribution in [1.82, 2.24) is 4.57 Å². The second-order valence-electron chi connectivity index (χ2n) is 6.25. The number of aromatic nitrogens is 1. The zero-order chi connectivity index (χ0) is 22.8. The number of nitrogens with zero attached hydrogens (tertiary/aromatic N) is 3. The van der Waals surface area contributed by atoms with E-state index >= 15 is 0 Å². The number of non-ortho nitro benzene ring substituents is 1. The second-order valence-corrected chi connectivity index (χ2v) is 9.22. The van der Waals surface area contributed by atoms with E-state index in [-0.39, 0.29) is 26.0 Å². The van der Waals surface area contributed by atoms with Crippen molar-refractivity contribution in [3.63, 3.8) is 0 Å². The average molecular weight is 485 g/mol. The van der Waals surface area contributed by atoms with Gasteiger partial charge in [-0.1, -0.05) is 22.9 Å². The SMILES string of the molecule is CCOCCn1c(=NC(=O)c2cc([N+](=O)[O-])ccc2Cl)sc2cc(S(N)(=O)=O)ccc21. The van der Waals surface area contributed by atoms with E-state index in [2.05, 4.69) is 4.99 Å². The maximum Gasteiger partial charge on any atom is 0.281 e. The Bertz CT molecular complexity index is 1350. The largest absolute Gasteiger partial charge is 0.380 e. The van der Waals surface area contributed by atoms with Crippen molar-refractivity contribution in [3.05, 3.63) is 61.9 Å². The van der Waals surface area contributed by atoms with Crippen LogP contribution in [-0.2, 0) is 21.3 Å². The Morgan fingerprint density at radius 1 is 1.32 bits per heavy atom. The number of fused-ring (bicyclic) bond motifs is 1. The number of nitro benzene ring substituents is 1. The number of ether oxygens (including phenoxy) is 1. The molecule has 0 spiro atoms. The quantitative estimate of drug-likeness (QED) is 0.309. The highest BCUT2D eigenvalue weighted by Gasteiger charge is 2.17. The summed E-state index contributed by atoms with van der Waals surface area (Å²) in [7, 11) is -3.91. The maximum absolute atomic E-state index is 12.8. The summed E-state index contributed by atoms with van der Waals surface area (Å²) in [5.74, 6) is -0.767. The highest BCUT2D eigenvalue weighted by Crippen LogP contribution is 2.24. The summed E-state index contributed by atoms with van der Waals surface area (Å²) in [4.78, 5) is 27.4. The summed E-state index contributed by atoms with van der Waals surface area (Å²) in [6.07, 6.45) is 0. The minimum atomic E-state index is -3.91. The van der Waals surface area contributed by atoms with Gasteiger partial charge in [-0.15, -0.1) is 0 Å². The van der Waals surface area contributed by atoms with E-state index in [1.54, 1.807) is 10.6 Å². The molecular weight excluding hydrogens is 468 g/mol. The zero-order valence-electron chi connectivity index (χ0n) is 16.1. The van der Waals surface area contributed by atoms with Crippen molar-refractivity contribution in [2.75, 3.05) is 13.2 Å². The molecule has 0 aliphatic heterocycles. The van der Waals surface area contributed by atoms with E-state index < -0.39 is 20.9 Å². The van der Waals surface area contributed by atoms with Crippen molar-refractivity contribution < 1.29 is 22.9 Å². The van der Waals surface area contributed by atoms with Gasteiger partial charge in [0.15, 0.2) is 4.80 Å². The van der Waals surface area contributed by atoms with Crippen LogP contribution in [0.4, 0.5) is 5.69 Å². The Balaban J connectivity index is 2.16. The fraction of sp³-hybridized carbons (Fsp3) is 0.222. The maximum atomic E-state index is 12.8. The molecule has 0 aliphatic carbocycles. The molecule has 10 nitrogen and oxygen atoms in total. The van der Waals surface area contributed by atoms with Crippen LogP contribution in [0.5, 0.6) is 0 Å². The van der Waals surface area contributed by atoms with Crippen LogP contribution in [0.15, 0.2) is 46.3 Å². The Kier molecular flexibility index (Phi) is 6.86. The lowest BCUT2D eigenvalue weighted by molar-refractivity contribution is -0.384. The highest BCUT2D eigenvalue weighted by atomic mass is 35.5. The number of nitro groups is 1. The minimum absolute atomic E-state index is 0.0258. The summed E-state index contributed by atoms with van der Waals surface area (Å²) >= 11 is 7.12. The van der Waals surface area contributed by atoms with Crippen molar-refractivity contribution in [2.24, 2.45) is 10.1 Å². The standard InChI is InChI=1S/C18H17ClN4O6S2/c1-2-29-8-7-22-15-6-4-12(31(20,27)28)10-16(15)30-18(22)21-17(24)13-9-11(23(25)26)3-5-14(13)19/h3-6,9-10H,2,7-8H2,1H3,(H2,20,27,28). The van der Waals surface area contributed by atoms with Gasteiger partial charge in [0, 0.05) is 25.3 Å². The molecule has 31 heavy (non-hydrogen) atoms. The van der Waals surface area contributed by atoms with Gasteiger partial charge in [-0.3, -0.25) is 14.9 Å². The van der Waals surface area contributed by atoms with E-state index in [1.807, 2.05) is 6.92 Å². The topological polar surface area (TPSA) is 147 Å². The molecule has 0 saturated heterocycles. The molecular formula is C18H17ClN4O6S2.